The number of hydrogen-bond acceptors (Lipinski definition) is 3. The van der Waals surface area contributed by atoms with Crippen LogP contribution in [0.4, 0.5) is 0 Å². The summed E-state index contributed by atoms with van der Waals surface area (Å²) in [6.45, 7) is 7.17. The first-order chi connectivity index (χ1) is 8.53. The Kier molecular flexibility index (Phi) is 3.64. The van der Waals surface area contributed by atoms with Crippen molar-refractivity contribution in [3.8, 4) is 0 Å². The average molecular weight is 244 g/mol. The van der Waals surface area contributed by atoms with Crippen LogP contribution in [0.5, 0.6) is 0 Å². The van der Waals surface area contributed by atoms with Crippen LogP contribution >= 0.6 is 0 Å². The molecule has 0 saturated carbocycles. The monoisotopic (exact) mass is 244 g/mol. The predicted molar refractivity (Wildman–Crippen MR) is 74.5 cm³/mol. The molecule has 1 heterocycles. The third-order valence-corrected chi connectivity index (χ3v) is 3.09. The van der Waals surface area contributed by atoms with E-state index in [1.54, 1.807) is 0 Å². The molecule has 0 bridgehead atoms. The number of pyridine rings is 1. The summed E-state index contributed by atoms with van der Waals surface area (Å²) < 4.78 is 5.44. The van der Waals surface area contributed by atoms with Gasteiger partial charge in [-0.15, -0.1) is 0 Å². The van der Waals surface area contributed by atoms with Crippen molar-refractivity contribution in [2.75, 3.05) is 13.2 Å². The standard InChI is InChI=1S/C15H20N2O/c1-4-18-10-15(3,16)13-7-8-14-12(9-13)6-5-11(2)17-14/h5-9H,4,10,16H2,1-3H3. The van der Waals surface area contributed by atoms with Crippen LogP contribution in [0.25, 0.3) is 10.9 Å². The number of ether oxygens (including phenoxy) is 1. The molecule has 1 unspecified atom stereocenters. The number of nitrogens with zero attached hydrogens (tertiary/aromatic N) is 1. The van der Waals surface area contributed by atoms with Gasteiger partial charge in [0.15, 0.2) is 0 Å². The fourth-order valence-electron chi connectivity index (χ4n) is 1.98. The number of nitrogens with two attached hydrogens (primary N) is 1. The van der Waals surface area contributed by atoms with E-state index in [1.165, 1.54) is 0 Å². The third kappa shape index (κ3) is 2.68. The summed E-state index contributed by atoms with van der Waals surface area (Å²) in [6, 6.07) is 10.3. The molecular formula is C15H20N2O. The van der Waals surface area contributed by atoms with E-state index in [0.717, 1.165) is 22.2 Å². The lowest BCUT2D eigenvalue weighted by atomic mass is 9.93. The van der Waals surface area contributed by atoms with Gasteiger partial charge in [0.1, 0.15) is 0 Å². The van der Waals surface area contributed by atoms with Gasteiger partial charge in [0, 0.05) is 17.7 Å². The lowest BCUT2D eigenvalue weighted by molar-refractivity contribution is 0.101. The van der Waals surface area contributed by atoms with Crippen LogP contribution in [-0.4, -0.2) is 18.2 Å². The molecule has 1 aromatic heterocycles. The minimum atomic E-state index is -0.463. The summed E-state index contributed by atoms with van der Waals surface area (Å²) >= 11 is 0. The second kappa shape index (κ2) is 5.04. The van der Waals surface area contributed by atoms with E-state index in [9.17, 15) is 0 Å². The molecular weight excluding hydrogens is 224 g/mol. The normalized spacial score (nSPS) is 14.7. The molecule has 0 spiro atoms. The van der Waals surface area contributed by atoms with Gasteiger partial charge in [0.25, 0.3) is 0 Å². The van der Waals surface area contributed by atoms with Gasteiger partial charge in [-0.2, -0.15) is 0 Å². The predicted octanol–water partition coefficient (Wildman–Crippen LogP) is 2.75. The Balaban J connectivity index is 2.37. The first kappa shape index (κ1) is 13.0. The fraction of sp³-hybridized carbons (Fsp3) is 0.400. The molecule has 96 valence electrons. The van der Waals surface area contributed by atoms with Gasteiger partial charge >= 0.3 is 0 Å². The lowest BCUT2D eigenvalue weighted by Gasteiger charge is -2.25. The summed E-state index contributed by atoms with van der Waals surface area (Å²) in [5, 5.41) is 1.12. The molecule has 0 aliphatic carbocycles. The minimum absolute atomic E-state index is 0.463. The van der Waals surface area contributed by atoms with E-state index in [1.807, 2.05) is 39.0 Å². The number of hydrogen-bond donors (Lipinski definition) is 1. The maximum absolute atomic E-state index is 6.30. The van der Waals surface area contributed by atoms with Gasteiger partial charge in [-0.05, 0) is 44.5 Å². The molecule has 0 fully saturated rings. The maximum Gasteiger partial charge on any atom is 0.0705 e. The SMILES string of the molecule is CCOCC(C)(N)c1ccc2nc(C)ccc2c1. The summed E-state index contributed by atoms with van der Waals surface area (Å²) in [5.74, 6) is 0. The van der Waals surface area contributed by atoms with Gasteiger partial charge in [-0.1, -0.05) is 12.1 Å². The molecule has 3 heteroatoms. The highest BCUT2D eigenvalue weighted by Crippen LogP contribution is 2.22. The number of aryl methyl sites for hydroxylation is 1. The smallest absolute Gasteiger partial charge is 0.0705 e. The molecule has 0 radical (unpaired) electrons. The molecule has 0 aliphatic heterocycles. The van der Waals surface area contributed by atoms with Crippen LogP contribution in [0.2, 0.25) is 0 Å². The van der Waals surface area contributed by atoms with Gasteiger partial charge in [0.2, 0.25) is 0 Å². The Labute approximate surface area is 108 Å². The Bertz CT molecular complexity index is 549. The zero-order valence-electron chi connectivity index (χ0n) is 11.2. The van der Waals surface area contributed by atoms with Crippen molar-refractivity contribution in [1.29, 1.82) is 0 Å². The van der Waals surface area contributed by atoms with Crippen molar-refractivity contribution in [1.82, 2.24) is 4.98 Å². The van der Waals surface area contributed by atoms with Crippen LogP contribution in [0.15, 0.2) is 30.3 Å². The lowest BCUT2D eigenvalue weighted by Crippen LogP contribution is -2.38. The van der Waals surface area contributed by atoms with Crippen molar-refractivity contribution in [3.05, 3.63) is 41.6 Å². The average Bonchev–Trinajstić information content (AvgIpc) is 2.35. The molecule has 2 N–H and O–H groups in total. The van der Waals surface area contributed by atoms with E-state index in [-0.39, 0.29) is 0 Å². The molecule has 1 aromatic carbocycles. The zero-order valence-corrected chi connectivity index (χ0v) is 11.2. The van der Waals surface area contributed by atoms with Crippen LogP contribution in [0, 0.1) is 6.92 Å². The first-order valence-electron chi connectivity index (χ1n) is 6.27. The maximum atomic E-state index is 6.30. The van der Waals surface area contributed by atoms with Crippen LogP contribution in [0.1, 0.15) is 25.1 Å². The van der Waals surface area contributed by atoms with Crippen molar-refractivity contribution in [2.24, 2.45) is 5.73 Å². The van der Waals surface area contributed by atoms with Gasteiger partial charge in [-0.25, -0.2) is 0 Å². The third-order valence-electron chi connectivity index (χ3n) is 3.09. The van der Waals surface area contributed by atoms with Crippen molar-refractivity contribution in [2.45, 2.75) is 26.3 Å². The van der Waals surface area contributed by atoms with E-state index in [0.29, 0.717) is 13.2 Å². The molecule has 2 rings (SSSR count). The molecule has 18 heavy (non-hydrogen) atoms. The summed E-state index contributed by atoms with van der Waals surface area (Å²) in [6.07, 6.45) is 0. The largest absolute Gasteiger partial charge is 0.379 e. The van der Waals surface area contributed by atoms with E-state index < -0.39 is 5.54 Å². The Morgan fingerprint density at radius 3 is 2.78 bits per heavy atom. The summed E-state index contributed by atoms with van der Waals surface area (Å²) in [5.41, 5.74) is 8.95. The van der Waals surface area contributed by atoms with Gasteiger partial charge in [0.05, 0.1) is 17.7 Å². The molecule has 0 amide bonds. The Morgan fingerprint density at radius 2 is 2.06 bits per heavy atom. The Hall–Kier alpha value is -1.45. The van der Waals surface area contributed by atoms with E-state index in [2.05, 4.69) is 17.1 Å². The number of rotatable bonds is 4. The van der Waals surface area contributed by atoms with Crippen LogP contribution in [-0.2, 0) is 10.3 Å². The van der Waals surface area contributed by atoms with E-state index in [4.69, 9.17) is 10.5 Å². The fourth-order valence-corrected chi connectivity index (χ4v) is 1.98. The highest BCUT2D eigenvalue weighted by molar-refractivity contribution is 5.79. The van der Waals surface area contributed by atoms with Gasteiger partial charge in [-0.3, -0.25) is 4.98 Å². The Morgan fingerprint density at radius 1 is 1.28 bits per heavy atom. The second-order valence-corrected chi connectivity index (χ2v) is 4.91. The quantitative estimate of drug-likeness (QED) is 0.899. The van der Waals surface area contributed by atoms with Crippen LogP contribution < -0.4 is 5.73 Å². The first-order valence-corrected chi connectivity index (χ1v) is 6.27. The highest BCUT2D eigenvalue weighted by atomic mass is 16.5. The second-order valence-electron chi connectivity index (χ2n) is 4.91. The van der Waals surface area contributed by atoms with Crippen LogP contribution in [0.3, 0.4) is 0 Å². The van der Waals surface area contributed by atoms with Gasteiger partial charge < -0.3 is 10.5 Å². The molecule has 2 aromatic rings. The van der Waals surface area contributed by atoms with E-state index >= 15 is 0 Å². The number of benzene rings is 1. The topological polar surface area (TPSA) is 48.1 Å². The number of aromatic nitrogens is 1. The van der Waals surface area contributed by atoms with Crippen molar-refractivity contribution in [3.63, 3.8) is 0 Å². The molecule has 3 nitrogen and oxygen atoms in total. The molecule has 1 atom stereocenters. The highest BCUT2D eigenvalue weighted by Gasteiger charge is 2.21. The minimum Gasteiger partial charge on any atom is -0.379 e. The zero-order chi connectivity index (χ0) is 13.2. The molecule has 0 aliphatic rings. The van der Waals surface area contributed by atoms with Crippen molar-refractivity contribution < 1.29 is 4.74 Å². The summed E-state index contributed by atoms with van der Waals surface area (Å²) in [4.78, 5) is 4.49. The van der Waals surface area contributed by atoms with Crippen molar-refractivity contribution >= 4 is 10.9 Å². The number of fused-ring (bicyclic) bond motifs is 1. The molecule has 0 saturated heterocycles. The summed E-state index contributed by atoms with van der Waals surface area (Å²) in [7, 11) is 0.